The van der Waals surface area contributed by atoms with Gasteiger partial charge in [0.05, 0.1) is 5.56 Å². The molecular formula is C20H31N3O. The third kappa shape index (κ3) is 6.57. The van der Waals surface area contributed by atoms with Gasteiger partial charge in [-0.05, 0) is 46.0 Å². The van der Waals surface area contributed by atoms with E-state index < -0.39 is 0 Å². The van der Waals surface area contributed by atoms with Crippen molar-refractivity contribution in [1.29, 1.82) is 0 Å². The molecule has 1 unspecified atom stereocenters. The van der Waals surface area contributed by atoms with Crippen molar-refractivity contribution in [2.45, 2.75) is 65.8 Å². The van der Waals surface area contributed by atoms with Crippen molar-refractivity contribution in [1.82, 2.24) is 9.97 Å². The summed E-state index contributed by atoms with van der Waals surface area (Å²) in [6, 6.07) is 0.334. The average Bonchev–Trinajstić information content (AvgIpc) is 2.53. The van der Waals surface area contributed by atoms with E-state index in [1.807, 2.05) is 26.0 Å². The van der Waals surface area contributed by atoms with Gasteiger partial charge in [-0.1, -0.05) is 50.3 Å². The number of hydrogen-bond donors (Lipinski definition) is 2. The first kappa shape index (κ1) is 19.9. The highest BCUT2D eigenvalue weighted by atomic mass is 16.1. The van der Waals surface area contributed by atoms with Crippen LogP contribution >= 0.6 is 0 Å². The molecule has 0 saturated heterocycles. The number of aryl methyl sites for hydroxylation is 1. The lowest BCUT2D eigenvalue weighted by Gasteiger charge is -2.19. The average molecular weight is 329 g/mol. The highest BCUT2D eigenvalue weighted by Crippen LogP contribution is 2.16. The molecule has 0 radical (unpaired) electrons. The first-order valence-corrected chi connectivity index (χ1v) is 8.82. The number of nitrogens with one attached hydrogen (secondary N) is 2. The van der Waals surface area contributed by atoms with Gasteiger partial charge in [-0.15, -0.1) is 0 Å². The van der Waals surface area contributed by atoms with Crippen molar-refractivity contribution in [3.05, 3.63) is 58.2 Å². The van der Waals surface area contributed by atoms with E-state index in [0.717, 1.165) is 37.1 Å². The molecule has 0 saturated carbocycles. The first-order valence-electron chi connectivity index (χ1n) is 8.82. The Balaban J connectivity index is 2.66. The van der Waals surface area contributed by atoms with Gasteiger partial charge < -0.3 is 10.3 Å². The van der Waals surface area contributed by atoms with Gasteiger partial charge in [0.15, 0.2) is 0 Å². The number of H-pyrrole nitrogens is 1. The number of allylic oxidation sites excluding steroid dienone is 5. The number of rotatable bonds is 10. The minimum absolute atomic E-state index is 0.0323. The zero-order valence-electron chi connectivity index (χ0n) is 15.5. The van der Waals surface area contributed by atoms with Crippen LogP contribution in [0.5, 0.6) is 0 Å². The lowest BCUT2D eigenvalue weighted by Crippen LogP contribution is -2.25. The number of aromatic nitrogens is 2. The fraction of sp³-hybridized carbons (Fsp3) is 0.500. The van der Waals surface area contributed by atoms with Gasteiger partial charge >= 0.3 is 0 Å². The maximum absolute atomic E-state index is 12.0. The van der Waals surface area contributed by atoms with E-state index in [4.69, 9.17) is 0 Å². The topological polar surface area (TPSA) is 57.8 Å². The second-order valence-corrected chi connectivity index (χ2v) is 6.11. The fourth-order valence-electron chi connectivity index (χ4n) is 2.64. The Morgan fingerprint density at radius 3 is 2.75 bits per heavy atom. The molecule has 1 aromatic rings. The molecule has 0 aliphatic heterocycles. The molecule has 0 spiro atoms. The highest BCUT2D eigenvalue weighted by Gasteiger charge is 2.13. The molecule has 1 aromatic heterocycles. The van der Waals surface area contributed by atoms with Gasteiger partial charge in [-0.25, -0.2) is 4.98 Å². The second-order valence-electron chi connectivity index (χ2n) is 6.11. The minimum atomic E-state index is -0.0323. The predicted octanol–water partition coefficient (Wildman–Crippen LogP) is 4.69. The summed E-state index contributed by atoms with van der Waals surface area (Å²) in [4.78, 5) is 19.3. The van der Waals surface area contributed by atoms with Gasteiger partial charge in [0.1, 0.15) is 11.6 Å². The number of hydrogen-bond acceptors (Lipinski definition) is 3. The molecule has 1 atom stereocenters. The van der Waals surface area contributed by atoms with Gasteiger partial charge in [-0.3, -0.25) is 4.79 Å². The summed E-state index contributed by atoms with van der Waals surface area (Å²) in [6.07, 6.45) is 12.8. The Kier molecular flexibility index (Phi) is 8.84. The van der Waals surface area contributed by atoms with E-state index in [0.29, 0.717) is 18.3 Å². The first-order chi connectivity index (χ1) is 11.5. The molecule has 1 rings (SSSR count). The van der Waals surface area contributed by atoms with Crippen molar-refractivity contribution in [2.24, 2.45) is 0 Å². The van der Waals surface area contributed by atoms with Crippen molar-refractivity contribution in [3.8, 4) is 0 Å². The largest absolute Gasteiger partial charge is 0.367 e. The number of aromatic amines is 1. The minimum Gasteiger partial charge on any atom is -0.367 e. The lowest BCUT2D eigenvalue weighted by molar-refractivity contribution is 0.595. The summed E-state index contributed by atoms with van der Waals surface area (Å²) in [5, 5.41) is 3.48. The normalized spacial score (nSPS) is 13.2. The van der Waals surface area contributed by atoms with Crippen LogP contribution in [-0.2, 0) is 6.42 Å². The molecule has 0 aliphatic rings. The zero-order chi connectivity index (χ0) is 17.9. The monoisotopic (exact) mass is 329 g/mol. The molecule has 0 aliphatic carbocycles. The maximum atomic E-state index is 12.0. The molecule has 0 amide bonds. The smallest absolute Gasteiger partial charge is 0.256 e. The van der Waals surface area contributed by atoms with Crippen molar-refractivity contribution in [2.75, 3.05) is 5.32 Å². The Hall–Kier alpha value is -2.10. The fourth-order valence-corrected chi connectivity index (χ4v) is 2.64. The van der Waals surface area contributed by atoms with Crippen molar-refractivity contribution < 1.29 is 0 Å². The van der Waals surface area contributed by atoms with Crippen LogP contribution in [0.25, 0.3) is 0 Å². The Morgan fingerprint density at radius 2 is 2.12 bits per heavy atom. The van der Waals surface area contributed by atoms with Crippen LogP contribution in [0.15, 0.2) is 41.3 Å². The van der Waals surface area contributed by atoms with E-state index in [9.17, 15) is 4.79 Å². The van der Waals surface area contributed by atoms with Gasteiger partial charge in [-0.2, -0.15) is 0 Å². The molecule has 0 bridgehead atoms. The highest BCUT2D eigenvalue weighted by molar-refractivity contribution is 5.43. The summed E-state index contributed by atoms with van der Waals surface area (Å²) in [5.41, 5.74) is 2.07. The molecule has 2 N–H and O–H groups in total. The van der Waals surface area contributed by atoms with Gasteiger partial charge in [0, 0.05) is 6.04 Å². The lowest BCUT2D eigenvalue weighted by atomic mass is 10.0. The third-order valence-electron chi connectivity index (χ3n) is 4.07. The summed E-state index contributed by atoms with van der Waals surface area (Å²) < 4.78 is 0. The van der Waals surface area contributed by atoms with Crippen molar-refractivity contribution >= 4 is 5.82 Å². The third-order valence-corrected chi connectivity index (χ3v) is 4.07. The van der Waals surface area contributed by atoms with Crippen LogP contribution in [0.1, 0.15) is 57.8 Å². The van der Waals surface area contributed by atoms with Crippen LogP contribution in [0.4, 0.5) is 5.82 Å². The summed E-state index contributed by atoms with van der Waals surface area (Å²) in [6.45, 7) is 11.8. The molecule has 4 nitrogen and oxygen atoms in total. The zero-order valence-corrected chi connectivity index (χ0v) is 15.5. The Labute approximate surface area is 145 Å². The Morgan fingerprint density at radius 1 is 1.38 bits per heavy atom. The van der Waals surface area contributed by atoms with E-state index in [1.165, 1.54) is 5.57 Å². The molecule has 1 heterocycles. The van der Waals surface area contributed by atoms with E-state index in [-0.39, 0.29) is 5.56 Å². The van der Waals surface area contributed by atoms with Crippen LogP contribution in [-0.4, -0.2) is 16.0 Å². The number of anilines is 1. The van der Waals surface area contributed by atoms with E-state index >= 15 is 0 Å². The SMILES string of the molecule is C=C/C=C\C=C(/C)CCCC(CC)Nc1nc(C)[nH]c(=O)c1CC. The standard InChI is InChI=1S/C20H31N3O/c1-6-9-10-12-15(4)13-11-14-17(7-2)23-19-18(8-3)20(24)22-16(5)21-19/h6,9-10,12,17H,1,7-8,11,13-14H2,2-5H3,(H2,21,22,23,24)/b10-9-,15-12+. The van der Waals surface area contributed by atoms with E-state index in [1.54, 1.807) is 6.08 Å². The summed E-state index contributed by atoms with van der Waals surface area (Å²) in [5.74, 6) is 1.40. The van der Waals surface area contributed by atoms with Crippen LogP contribution < -0.4 is 10.9 Å². The van der Waals surface area contributed by atoms with Crippen LogP contribution in [0.2, 0.25) is 0 Å². The van der Waals surface area contributed by atoms with Crippen LogP contribution in [0.3, 0.4) is 0 Å². The Bertz CT molecular complexity index is 641. The number of nitrogens with zero attached hydrogens (tertiary/aromatic N) is 1. The second kappa shape index (κ2) is 10.6. The maximum Gasteiger partial charge on any atom is 0.256 e. The van der Waals surface area contributed by atoms with Crippen LogP contribution in [0, 0.1) is 6.92 Å². The molecule has 132 valence electrons. The molecular weight excluding hydrogens is 298 g/mol. The summed E-state index contributed by atoms with van der Waals surface area (Å²) in [7, 11) is 0. The molecule has 0 fully saturated rings. The molecule has 24 heavy (non-hydrogen) atoms. The van der Waals surface area contributed by atoms with Gasteiger partial charge in [0.2, 0.25) is 0 Å². The quantitative estimate of drug-likeness (QED) is 0.612. The van der Waals surface area contributed by atoms with E-state index in [2.05, 4.69) is 41.8 Å². The van der Waals surface area contributed by atoms with Gasteiger partial charge in [0.25, 0.3) is 5.56 Å². The summed E-state index contributed by atoms with van der Waals surface area (Å²) >= 11 is 0. The predicted molar refractivity (Wildman–Crippen MR) is 104 cm³/mol. The molecule has 0 aromatic carbocycles. The van der Waals surface area contributed by atoms with Crippen molar-refractivity contribution in [3.63, 3.8) is 0 Å². The molecule has 4 heteroatoms.